The molecule has 3 aromatic carbocycles. The molecule has 0 aliphatic carbocycles. The summed E-state index contributed by atoms with van der Waals surface area (Å²) >= 11 is 2.94. The Balaban J connectivity index is 1.47. The average Bonchev–Trinajstić information content (AvgIpc) is 3.48. The van der Waals surface area contributed by atoms with Crippen LogP contribution >= 0.6 is 22.7 Å². The van der Waals surface area contributed by atoms with Crippen LogP contribution in [0.1, 0.15) is 34.0 Å². The average molecular weight is 513 g/mol. The van der Waals surface area contributed by atoms with E-state index in [0.717, 1.165) is 31.6 Å². The smallest absolute Gasteiger partial charge is 0.307 e. The monoisotopic (exact) mass is 512 g/mol. The number of rotatable bonds is 8. The van der Waals surface area contributed by atoms with Gasteiger partial charge in [0, 0.05) is 0 Å². The second-order valence-electron chi connectivity index (χ2n) is 8.12. The highest BCUT2D eigenvalue weighted by molar-refractivity contribution is 7.20. The lowest BCUT2D eigenvalue weighted by molar-refractivity contribution is -0.136. The van der Waals surface area contributed by atoms with Crippen molar-refractivity contribution in [2.75, 3.05) is 0 Å². The maximum Gasteiger partial charge on any atom is 0.307 e. The molecule has 0 radical (unpaired) electrons. The molecular formula is C28H20N2O4S2. The lowest BCUT2D eigenvalue weighted by Gasteiger charge is -2.04. The number of thiazole rings is 2. The molecule has 0 bridgehead atoms. The van der Waals surface area contributed by atoms with Crippen LogP contribution in [0, 0.1) is 0 Å². The SMILES string of the molecule is O=C(O)C/C(=C/c1ccc(/C=C(\CC(=O)O)c2nc3ccccc3s2)cc1)c1nc2ccccc2s1. The van der Waals surface area contributed by atoms with Gasteiger partial charge in [-0.05, 0) is 58.7 Å². The van der Waals surface area contributed by atoms with Crippen LogP contribution in [0.15, 0.2) is 72.8 Å². The summed E-state index contributed by atoms with van der Waals surface area (Å²) in [6.45, 7) is 0. The van der Waals surface area contributed by atoms with Crippen LogP contribution in [0.25, 0.3) is 43.7 Å². The molecule has 36 heavy (non-hydrogen) atoms. The molecule has 2 N–H and O–H groups in total. The summed E-state index contributed by atoms with van der Waals surface area (Å²) in [5, 5.41) is 20.3. The van der Waals surface area contributed by atoms with Crippen LogP contribution < -0.4 is 0 Å². The lowest BCUT2D eigenvalue weighted by Crippen LogP contribution is -1.97. The number of carboxylic acids is 2. The predicted molar refractivity (Wildman–Crippen MR) is 146 cm³/mol. The van der Waals surface area contributed by atoms with E-state index in [1.165, 1.54) is 22.7 Å². The number of nitrogens with zero attached hydrogens (tertiary/aromatic N) is 2. The number of benzene rings is 3. The summed E-state index contributed by atoms with van der Waals surface area (Å²) in [6, 6.07) is 23.0. The minimum Gasteiger partial charge on any atom is -0.481 e. The molecule has 5 aromatic rings. The van der Waals surface area contributed by atoms with Crippen molar-refractivity contribution in [1.29, 1.82) is 0 Å². The van der Waals surface area contributed by atoms with Gasteiger partial charge in [-0.25, -0.2) is 9.97 Å². The Kier molecular flexibility index (Phi) is 6.71. The van der Waals surface area contributed by atoms with Crippen LogP contribution in [-0.4, -0.2) is 32.1 Å². The molecule has 178 valence electrons. The second kappa shape index (κ2) is 10.2. The number of aliphatic carboxylic acids is 2. The molecule has 8 heteroatoms. The lowest BCUT2D eigenvalue weighted by atomic mass is 10.0. The zero-order valence-electron chi connectivity index (χ0n) is 18.9. The van der Waals surface area contributed by atoms with Gasteiger partial charge >= 0.3 is 11.9 Å². The Hall–Kier alpha value is -4.14. The van der Waals surface area contributed by atoms with E-state index in [1.54, 1.807) is 0 Å². The fourth-order valence-corrected chi connectivity index (χ4v) is 5.77. The normalized spacial score (nSPS) is 12.3. The van der Waals surface area contributed by atoms with Crippen molar-refractivity contribution in [2.45, 2.75) is 12.8 Å². The third-order valence-corrected chi connectivity index (χ3v) is 7.66. The topological polar surface area (TPSA) is 100 Å². The summed E-state index contributed by atoms with van der Waals surface area (Å²) in [7, 11) is 0. The molecule has 0 spiro atoms. The van der Waals surface area contributed by atoms with Crippen LogP contribution in [0.5, 0.6) is 0 Å². The zero-order chi connectivity index (χ0) is 25.1. The third-order valence-electron chi connectivity index (χ3n) is 5.44. The molecule has 0 saturated heterocycles. The first-order valence-electron chi connectivity index (χ1n) is 11.1. The summed E-state index contributed by atoms with van der Waals surface area (Å²) < 4.78 is 2.01. The van der Waals surface area contributed by atoms with Crippen LogP contribution in [0.2, 0.25) is 0 Å². The number of aromatic nitrogens is 2. The zero-order valence-corrected chi connectivity index (χ0v) is 20.6. The Morgan fingerprint density at radius 3 is 1.39 bits per heavy atom. The number of carbonyl (C=O) groups is 2. The minimum atomic E-state index is -0.922. The standard InChI is InChI=1S/C28H20N2O4S2/c31-25(32)15-19(27-29-21-5-1-3-7-23(21)35-27)13-17-9-11-18(12-10-17)14-20(16-26(33)34)28-30-22-6-2-4-8-24(22)36-28/h1-14H,15-16H2,(H,31,32)(H,33,34)/b19-13-,20-14+. The quantitative estimate of drug-likeness (QED) is 0.234. The van der Waals surface area contributed by atoms with Crippen molar-refractivity contribution in [3.8, 4) is 0 Å². The van der Waals surface area contributed by atoms with Gasteiger partial charge in [-0.1, -0.05) is 48.5 Å². The first-order chi connectivity index (χ1) is 17.4. The van der Waals surface area contributed by atoms with Crippen molar-refractivity contribution in [2.24, 2.45) is 0 Å². The van der Waals surface area contributed by atoms with E-state index in [0.29, 0.717) is 21.2 Å². The van der Waals surface area contributed by atoms with Crippen LogP contribution in [0.3, 0.4) is 0 Å². The van der Waals surface area contributed by atoms with Gasteiger partial charge in [0.2, 0.25) is 0 Å². The molecule has 5 rings (SSSR count). The van der Waals surface area contributed by atoms with Gasteiger partial charge in [-0.3, -0.25) is 9.59 Å². The highest BCUT2D eigenvalue weighted by Gasteiger charge is 2.14. The molecule has 0 unspecified atom stereocenters. The van der Waals surface area contributed by atoms with E-state index in [1.807, 2.05) is 84.9 Å². The number of para-hydroxylation sites is 2. The molecule has 2 aromatic heterocycles. The van der Waals surface area contributed by atoms with Crippen molar-refractivity contribution in [3.05, 3.63) is 93.9 Å². The van der Waals surface area contributed by atoms with Gasteiger partial charge in [-0.2, -0.15) is 0 Å². The van der Waals surface area contributed by atoms with Gasteiger partial charge < -0.3 is 10.2 Å². The molecule has 0 aliphatic heterocycles. The molecule has 0 aliphatic rings. The molecule has 0 amide bonds. The number of fused-ring (bicyclic) bond motifs is 2. The highest BCUT2D eigenvalue weighted by atomic mass is 32.1. The molecule has 6 nitrogen and oxygen atoms in total. The molecular weight excluding hydrogens is 492 g/mol. The third kappa shape index (κ3) is 5.40. The Morgan fingerprint density at radius 2 is 1.03 bits per heavy atom. The summed E-state index contributed by atoms with van der Waals surface area (Å²) in [5.41, 5.74) is 4.62. The van der Waals surface area contributed by atoms with Gasteiger partial charge in [0.15, 0.2) is 0 Å². The predicted octanol–water partition coefficient (Wildman–Crippen LogP) is 6.94. The molecule has 2 heterocycles. The molecule has 0 saturated carbocycles. The van der Waals surface area contributed by atoms with Crippen LogP contribution in [-0.2, 0) is 9.59 Å². The van der Waals surface area contributed by atoms with Crippen molar-refractivity contribution >= 4 is 78.3 Å². The Labute approximate surface area is 214 Å². The molecule has 0 fully saturated rings. The fourth-order valence-electron chi connectivity index (χ4n) is 3.81. The van der Waals surface area contributed by atoms with E-state index in [-0.39, 0.29) is 12.8 Å². The first-order valence-corrected chi connectivity index (χ1v) is 12.7. The van der Waals surface area contributed by atoms with Crippen LogP contribution in [0.4, 0.5) is 0 Å². The van der Waals surface area contributed by atoms with E-state index >= 15 is 0 Å². The summed E-state index contributed by atoms with van der Waals surface area (Å²) in [5.74, 6) is -1.84. The van der Waals surface area contributed by atoms with E-state index in [9.17, 15) is 19.8 Å². The Bertz CT molecular complexity index is 1460. The maximum atomic E-state index is 11.5. The van der Waals surface area contributed by atoms with Crippen molar-refractivity contribution < 1.29 is 19.8 Å². The highest BCUT2D eigenvalue weighted by Crippen LogP contribution is 2.32. The van der Waals surface area contributed by atoms with Gasteiger partial charge in [0.25, 0.3) is 0 Å². The number of hydrogen-bond donors (Lipinski definition) is 2. The van der Waals surface area contributed by atoms with Gasteiger partial charge in [0.05, 0.1) is 33.3 Å². The number of hydrogen-bond acceptors (Lipinski definition) is 6. The minimum absolute atomic E-state index is 0.137. The summed E-state index contributed by atoms with van der Waals surface area (Å²) in [6.07, 6.45) is 3.40. The number of carboxylic acid groups (broad SMARTS) is 2. The molecule has 0 atom stereocenters. The summed E-state index contributed by atoms with van der Waals surface area (Å²) in [4.78, 5) is 32.3. The van der Waals surface area contributed by atoms with Crippen molar-refractivity contribution in [3.63, 3.8) is 0 Å². The fraction of sp³-hybridized carbons (Fsp3) is 0.0714. The first kappa shape index (κ1) is 23.6. The second-order valence-corrected chi connectivity index (χ2v) is 10.2. The van der Waals surface area contributed by atoms with Gasteiger partial charge in [0.1, 0.15) is 10.0 Å². The van der Waals surface area contributed by atoms with Crippen molar-refractivity contribution in [1.82, 2.24) is 9.97 Å². The van der Waals surface area contributed by atoms with E-state index in [4.69, 9.17) is 0 Å². The largest absolute Gasteiger partial charge is 0.481 e. The van der Waals surface area contributed by atoms with E-state index < -0.39 is 11.9 Å². The maximum absolute atomic E-state index is 11.5. The van der Waals surface area contributed by atoms with Gasteiger partial charge in [-0.15, -0.1) is 22.7 Å². The Morgan fingerprint density at radius 1 is 0.639 bits per heavy atom. The van der Waals surface area contributed by atoms with E-state index in [2.05, 4.69) is 9.97 Å².